The summed E-state index contributed by atoms with van der Waals surface area (Å²) in [5.74, 6) is 0.0793. The Kier molecular flexibility index (Phi) is 4.99. The molecule has 4 nitrogen and oxygen atoms in total. The highest BCUT2D eigenvalue weighted by Gasteiger charge is 2.36. The first-order chi connectivity index (χ1) is 9.19. The van der Waals surface area contributed by atoms with Crippen molar-refractivity contribution in [2.24, 2.45) is 5.41 Å². The van der Waals surface area contributed by atoms with Crippen molar-refractivity contribution in [3.05, 3.63) is 23.0 Å². The van der Waals surface area contributed by atoms with Crippen LogP contribution in [0, 0.1) is 5.41 Å². The summed E-state index contributed by atoms with van der Waals surface area (Å²) in [5.41, 5.74) is 1.08. The molecular formula is C14H21Cl2N3O. The quantitative estimate of drug-likeness (QED) is 0.836. The number of nitrogens with zero attached hydrogens (tertiary/aromatic N) is 1. The molecule has 0 bridgehead atoms. The Morgan fingerprint density at radius 2 is 1.85 bits per heavy atom. The van der Waals surface area contributed by atoms with Crippen molar-refractivity contribution in [1.82, 2.24) is 15.2 Å². The van der Waals surface area contributed by atoms with Gasteiger partial charge in [-0.25, -0.2) is 0 Å². The summed E-state index contributed by atoms with van der Waals surface area (Å²) in [4.78, 5) is 17.2. The molecule has 0 aromatic carbocycles. The molecule has 1 spiro atoms. The lowest BCUT2D eigenvalue weighted by Gasteiger charge is -2.44. The van der Waals surface area contributed by atoms with Crippen molar-refractivity contribution in [1.29, 1.82) is 0 Å². The molecule has 2 aliphatic rings. The number of nitrogens with one attached hydrogen (secondary N) is 2. The van der Waals surface area contributed by atoms with E-state index in [9.17, 15) is 4.79 Å². The predicted octanol–water partition coefficient (Wildman–Crippen LogP) is 2.70. The Morgan fingerprint density at radius 1 is 1.20 bits per heavy atom. The third-order valence-electron chi connectivity index (χ3n) is 4.65. The molecule has 0 saturated carbocycles. The van der Waals surface area contributed by atoms with Crippen molar-refractivity contribution >= 4 is 29.9 Å². The zero-order valence-corrected chi connectivity index (χ0v) is 13.0. The Labute approximate surface area is 130 Å². The summed E-state index contributed by atoms with van der Waals surface area (Å²) in [6.07, 6.45) is 6.43. The van der Waals surface area contributed by atoms with Crippen LogP contribution in [0.3, 0.4) is 0 Å². The van der Waals surface area contributed by atoms with Gasteiger partial charge in [0.1, 0.15) is 5.69 Å². The van der Waals surface area contributed by atoms with Crippen LogP contribution in [0.1, 0.15) is 36.2 Å². The maximum absolute atomic E-state index is 12.3. The minimum absolute atomic E-state index is 0. The normalized spacial score (nSPS) is 21.6. The van der Waals surface area contributed by atoms with Crippen LogP contribution in [0.5, 0.6) is 0 Å². The highest BCUT2D eigenvalue weighted by atomic mass is 35.5. The number of aromatic nitrogens is 1. The van der Waals surface area contributed by atoms with Crippen LogP contribution in [0.15, 0.2) is 12.3 Å². The van der Waals surface area contributed by atoms with E-state index in [2.05, 4.69) is 10.3 Å². The number of hydrogen-bond acceptors (Lipinski definition) is 2. The van der Waals surface area contributed by atoms with Crippen LogP contribution in [0.25, 0.3) is 0 Å². The topological polar surface area (TPSA) is 48.1 Å². The lowest BCUT2D eigenvalue weighted by atomic mass is 9.71. The molecule has 2 saturated heterocycles. The minimum atomic E-state index is 0. The summed E-state index contributed by atoms with van der Waals surface area (Å²) in [6.45, 7) is 3.99. The number of carbonyl (C=O) groups is 1. The molecule has 1 amide bonds. The predicted molar refractivity (Wildman–Crippen MR) is 82.7 cm³/mol. The zero-order chi connectivity index (χ0) is 13.3. The average Bonchev–Trinajstić information content (AvgIpc) is 2.87. The van der Waals surface area contributed by atoms with E-state index in [0.29, 0.717) is 16.1 Å². The van der Waals surface area contributed by atoms with Gasteiger partial charge < -0.3 is 15.2 Å². The van der Waals surface area contributed by atoms with Gasteiger partial charge in [-0.15, -0.1) is 12.4 Å². The Bertz CT molecular complexity index is 459. The SMILES string of the molecule is Cl.O=C(c1cc(Cl)c[nH]1)N1CCC2(CCNCC2)CC1. The summed E-state index contributed by atoms with van der Waals surface area (Å²) in [5, 5.41) is 4.01. The molecule has 6 heteroatoms. The second kappa shape index (κ2) is 6.37. The number of amides is 1. The van der Waals surface area contributed by atoms with Crippen LogP contribution in [0.4, 0.5) is 0 Å². The van der Waals surface area contributed by atoms with Crippen LogP contribution in [0.2, 0.25) is 5.02 Å². The minimum Gasteiger partial charge on any atom is -0.356 e. The van der Waals surface area contributed by atoms with E-state index < -0.39 is 0 Å². The van der Waals surface area contributed by atoms with Gasteiger partial charge in [0.2, 0.25) is 0 Å². The third-order valence-corrected chi connectivity index (χ3v) is 4.87. The lowest BCUT2D eigenvalue weighted by Crippen LogP contribution is -2.47. The van der Waals surface area contributed by atoms with E-state index in [1.165, 1.54) is 12.8 Å². The summed E-state index contributed by atoms with van der Waals surface area (Å²) < 4.78 is 0. The fourth-order valence-corrected chi connectivity index (χ4v) is 3.47. The molecular weight excluding hydrogens is 297 g/mol. The highest BCUT2D eigenvalue weighted by molar-refractivity contribution is 6.30. The monoisotopic (exact) mass is 317 g/mol. The molecule has 20 heavy (non-hydrogen) atoms. The lowest BCUT2D eigenvalue weighted by molar-refractivity contribution is 0.0491. The Balaban J connectivity index is 0.00000147. The van der Waals surface area contributed by atoms with Crippen LogP contribution >= 0.6 is 24.0 Å². The van der Waals surface area contributed by atoms with Gasteiger partial charge in [-0.05, 0) is 50.3 Å². The van der Waals surface area contributed by atoms with Crippen molar-refractivity contribution in [3.63, 3.8) is 0 Å². The number of halogens is 2. The standard InChI is InChI=1S/C14H20ClN3O.ClH/c15-11-9-12(17-10-11)13(19)18-7-3-14(4-8-18)1-5-16-6-2-14;/h9-10,16-17H,1-8H2;1H. The number of hydrogen-bond donors (Lipinski definition) is 2. The largest absolute Gasteiger partial charge is 0.356 e. The Morgan fingerprint density at radius 3 is 2.40 bits per heavy atom. The van der Waals surface area contributed by atoms with E-state index in [-0.39, 0.29) is 18.3 Å². The van der Waals surface area contributed by atoms with Crippen LogP contribution in [-0.4, -0.2) is 42.0 Å². The second-order valence-corrected chi connectivity index (χ2v) is 6.21. The van der Waals surface area contributed by atoms with Crippen molar-refractivity contribution < 1.29 is 4.79 Å². The summed E-state index contributed by atoms with van der Waals surface area (Å²) >= 11 is 5.85. The molecule has 0 aliphatic carbocycles. The summed E-state index contributed by atoms with van der Waals surface area (Å²) in [7, 11) is 0. The van der Waals surface area contributed by atoms with E-state index in [0.717, 1.165) is 39.0 Å². The fraction of sp³-hybridized carbons (Fsp3) is 0.643. The molecule has 0 atom stereocenters. The molecule has 1 aromatic heterocycles. The molecule has 2 fully saturated rings. The first-order valence-corrected chi connectivity index (χ1v) is 7.40. The maximum atomic E-state index is 12.3. The van der Waals surface area contributed by atoms with Gasteiger partial charge in [0.15, 0.2) is 0 Å². The van der Waals surface area contributed by atoms with Gasteiger partial charge in [0.05, 0.1) is 5.02 Å². The van der Waals surface area contributed by atoms with Gasteiger partial charge in [0.25, 0.3) is 5.91 Å². The average molecular weight is 318 g/mol. The number of rotatable bonds is 1. The van der Waals surface area contributed by atoms with Crippen molar-refractivity contribution in [3.8, 4) is 0 Å². The number of piperidine rings is 2. The number of carbonyl (C=O) groups excluding carboxylic acids is 1. The molecule has 112 valence electrons. The van der Waals surface area contributed by atoms with Gasteiger partial charge in [-0.2, -0.15) is 0 Å². The van der Waals surface area contributed by atoms with Crippen molar-refractivity contribution in [2.45, 2.75) is 25.7 Å². The van der Waals surface area contributed by atoms with Crippen molar-refractivity contribution in [2.75, 3.05) is 26.2 Å². The molecule has 0 radical (unpaired) electrons. The van der Waals surface area contributed by atoms with E-state index >= 15 is 0 Å². The first-order valence-electron chi connectivity index (χ1n) is 7.03. The van der Waals surface area contributed by atoms with Gasteiger partial charge in [-0.1, -0.05) is 11.6 Å². The molecule has 2 aliphatic heterocycles. The highest BCUT2D eigenvalue weighted by Crippen LogP contribution is 2.39. The molecule has 2 N–H and O–H groups in total. The molecule has 1 aromatic rings. The van der Waals surface area contributed by atoms with Crippen LogP contribution < -0.4 is 5.32 Å². The Hall–Kier alpha value is -0.710. The maximum Gasteiger partial charge on any atom is 0.270 e. The summed E-state index contributed by atoms with van der Waals surface area (Å²) in [6, 6.07) is 1.71. The van der Waals surface area contributed by atoms with E-state index in [4.69, 9.17) is 11.6 Å². The molecule has 3 rings (SSSR count). The van der Waals surface area contributed by atoms with E-state index in [1.807, 2.05) is 4.90 Å². The van der Waals surface area contributed by atoms with Crippen LogP contribution in [-0.2, 0) is 0 Å². The van der Waals surface area contributed by atoms with E-state index in [1.54, 1.807) is 12.3 Å². The number of H-pyrrole nitrogens is 1. The molecule has 3 heterocycles. The van der Waals surface area contributed by atoms with Gasteiger partial charge in [0, 0.05) is 19.3 Å². The fourth-order valence-electron chi connectivity index (χ4n) is 3.30. The first kappa shape index (κ1) is 15.7. The van der Waals surface area contributed by atoms with Gasteiger partial charge >= 0.3 is 0 Å². The molecule has 0 unspecified atom stereocenters. The number of likely N-dealkylation sites (tertiary alicyclic amines) is 1. The zero-order valence-electron chi connectivity index (χ0n) is 11.5. The smallest absolute Gasteiger partial charge is 0.270 e. The number of aromatic amines is 1. The third kappa shape index (κ3) is 3.13. The second-order valence-electron chi connectivity index (χ2n) is 5.77. The van der Waals surface area contributed by atoms with Gasteiger partial charge in [-0.3, -0.25) is 4.79 Å².